The number of carbonyl (C=O) groups excluding carboxylic acids is 1. The summed E-state index contributed by atoms with van der Waals surface area (Å²) in [5.41, 5.74) is 2.04. The zero-order valence-corrected chi connectivity index (χ0v) is 12.9. The van der Waals surface area contributed by atoms with Crippen LogP contribution in [0, 0.1) is 5.92 Å². The number of amides is 1. The van der Waals surface area contributed by atoms with E-state index in [1.165, 1.54) is 18.4 Å². The topological polar surface area (TPSA) is 32.3 Å². The molecule has 20 heavy (non-hydrogen) atoms. The van der Waals surface area contributed by atoms with E-state index in [-0.39, 0.29) is 5.91 Å². The summed E-state index contributed by atoms with van der Waals surface area (Å²) in [4.78, 5) is 14.5. The predicted molar refractivity (Wildman–Crippen MR) is 83.1 cm³/mol. The van der Waals surface area contributed by atoms with Gasteiger partial charge in [0, 0.05) is 12.1 Å². The van der Waals surface area contributed by atoms with Crippen LogP contribution in [-0.4, -0.2) is 37.5 Å². The number of rotatable bonds is 4. The molecule has 1 amide bonds. The van der Waals surface area contributed by atoms with Gasteiger partial charge in [0.15, 0.2) is 0 Å². The molecule has 3 heteroatoms. The molecular weight excluding hydrogens is 248 g/mol. The Kier molecular flexibility index (Phi) is 5.18. The van der Waals surface area contributed by atoms with E-state index >= 15 is 0 Å². The molecular formula is C17H26N2O. The molecule has 0 atom stereocenters. The monoisotopic (exact) mass is 274 g/mol. The summed E-state index contributed by atoms with van der Waals surface area (Å²) >= 11 is 0. The first-order valence-corrected chi connectivity index (χ1v) is 7.63. The highest BCUT2D eigenvalue weighted by molar-refractivity contribution is 5.94. The molecule has 2 rings (SSSR count). The third-order valence-electron chi connectivity index (χ3n) is 4.23. The van der Waals surface area contributed by atoms with Crippen LogP contribution in [0.15, 0.2) is 24.3 Å². The molecule has 0 saturated carbocycles. The highest BCUT2D eigenvalue weighted by atomic mass is 16.1. The fourth-order valence-electron chi connectivity index (χ4n) is 2.62. The molecule has 1 aromatic carbocycles. The summed E-state index contributed by atoms with van der Waals surface area (Å²) < 4.78 is 0. The fraction of sp³-hybridized carbons (Fsp3) is 0.588. The maximum Gasteiger partial charge on any atom is 0.251 e. The van der Waals surface area contributed by atoms with Gasteiger partial charge in [-0.2, -0.15) is 0 Å². The molecule has 3 nitrogen and oxygen atoms in total. The molecule has 0 spiro atoms. The van der Waals surface area contributed by atoms with Crippen molar-refractivity contribution in [2.45, 2.75) is 32.6 Å². The van der Waals surface area contributed by atoms with Crippen LogP contribution >= 0.6 is 0 Å². The zero-order chi connectivity index (χ0) is 14.5. The van der Waals surface area contributed by atoms with Crippen LogP contribution in [0.25, 0.3) is 0 Å². The van der Waals surface area contributed by atoms with Gasteiger partial charge in [0.25, 0.3) is 5.91 Å². The predicted octanol–water partition coefficient (Wildman–Crippen LogP) is 2.88. The summed E-state index contributed by atoms with van der Waals surface area (Å²) in [6.07, 6.45) is 2.37. The van der Waals surface area contributed by atoms with Crippen molar-refractivity contribution in [1.29, 1.82) is 0 Å². The lowest BCUT2D eigenvalue weighted by Crippen LogP contribution is -2.36. The van der Waals surface area contributed by atoms with Gasteiger partial charge in [-0.25, -0.2) is 0 Å². The van der Waals surface area contributed by atoms with E-state index in [4.69, 9.17) is 0 Å². The van der Waals surface area contributed by atoms with Gasteiger partial charge in [-0.1, -0.05) is 26.0 Å². The highest BCUT2D eigenvalue weighted by Crippen LogP contribution is 2.16. The van der Waals surface area contributed by atoms with E-state index in [1.54, 1.807) is 0 Å². The minimum atomic E-state index is 0.0548. The summed E-state index contributed by atoms with van der Waals surface area (Å²) in [6, 6.07) is 7.96. The van der Waals surface area contributed by atoms with Gasteiger partial charge < -0.3 is 10.2 Å². The number of hydrogen-bond acceptors (Lipinski definition) is 2. The normalized spacial score (nSPS) is 17.4. The molecule has 0 aliphatic carbocycles. The summed E-state index contributed by atoms with van der Waals surface area (Å²) in [5, 5.41) is 3.07. The molecule has 110 valence electrons. The van der Waals surface area contributed by atoms with Crippen molar-refractivity contribution >= 4 is 5.91 Å². The van der Waals surface area contributed by atoms with Crippen molar-refractivity contribution in [3.8, 4) is 0 Å². The van der Waals surface area contributed by atoms with E-state index in [1.807, 2.05) is 12.1 Å². The van der Waals surface area contributed by atoms with Crippen LogP contribution in [-0.2, 0) is 0 Å². The van der Waals surface area contributed by atoms with Crippen molar-refractivity contribution in [3.05, 3.63) is 35.4 Å². The first kappa shape index (κ1) is 15.0. The van der Waals surface area contributed by atoms with E-state index in [0.29, 0.717) is 11.8 Å². The fourth-order valence-corrected chi connectivity index (χ4v) is 2.62. The number of benzene rings is 1. The van der Waals surface area contributed by atoms with Crippen LogP contribution in [0.4, 0.5) is 0 Å². The minimum absolute atomic E-state index is 0.0548. The lowest BCUT2D eigenvalue weighted by atomic mass is 9.97. The largest absolute Gasteiger partial charge is 0.352 e. The Morgan fingerprint density at radius 3 is 2.40 bits per heavy atom. The Hall–Kier alpha value is -1.35. The molecule has 0 unspecified atom stereocenters. The van der Waals surface area contributed by atoms with Crippen LogP contribution in [0.1, 0.15) is 48.5 Å². The third kappa shape index (κ3) is 4.07. The second-order valence-electron chi connectivity index (χ2n) is 6.23. The first-order chi connectivity index (χ1) is 9.56. The van der Waals surface area contributed by atoms with Gasteiger partial charge in [0.1, 0.15) is 0 Å². The van der Waals surface area contributed by atoms with Crippen molar-refractivity contribution < 1.29 is 4.79 Å². The van der Waals surface area contributed by atoms with Crippen LogP contribution in [0.3, 0.4) is 0 Å². The van der Waals surface area contributed by atoms with Gasteiger partial charge in [0.2, 0.25) is 0 Å². The van der Waals surface area contributed by atoms with Crippen molar-refractivity contribution in [1.82, 2.24) is 10.2 Å². The van der Waals surface area contributed by atoms with Crippen molar-refractivity contribution in [3.63, 3.8) is 0 Å². The molecule has 0 bridgehead atoms. The number of piperidine rings is 1. The Bertz CT molecular complexity index is 431. The van der Waals surface area contributed by atoms with Gasteiger partial charge in [-0.05, 0) is 62.5 Å². The molecule has 1 N–H and O–H groups in total. The molecule has 1 aliphatic heterocycles. The van der Waals surface area contributed by atoms with Crippen molar-refractivity contribution in [2.24, 2.45) is 5.92 Å². The van der Waals surface area contributed by atoms with Gasteiger partial charge in [-0.15, -0.1) is 0 Å². The Morgan fingerprint density at radius 2 is 1.85 bits per heavy atom. The minimum Gasteiger partial charge on any atom is -0.352 e. The molecule has 1 heterocycles. The number of carbonyl (C=O) groups is 1. The third-order valence-corrected chi connectivity index (χ3v) is 4.23. The molecule has 1 fully saturated rings. The first-order valence-electron chi connectivity index (χ1n) is 7.63. The Balaban J connectivity index is 1.82. The second-order valence-corrected chi connectivity index (χ2v) is 6.23. The van der Waals surface area contributed by atoms with E-state index in [2.05, 4.69) is 43.2 Å². The molecule has 0 aromatic heterocycles. The maximum atomic E-state index is 12.1. The second kappa shape index (κ2) is 6.89. The average Bonchev–Trinajstić information content (AvgIpc) is 2.46. The summed E-state index contributed by atoms with van der Waals surface area (Å²) in [5.74, 6) is 1.19. The standard InChI is InChI=1S/C17H26N2O/c1-13(2)15-4-6-16(7-5-15)17(20)18-12-14-8-10-19(3)11-9-14/h4-7,13-14H,8-12H2,1-3H3,(H,18,20). The molecule has 1 aromatic rings. The smallest absolute Gasteiger partial charge is 0.251 e. The maximum absolute atomic E-state index is 12.1. The van der Waals surface area contributed by atoms with Crippen molar-refractivity contribution in [2.75, 3.05) is 26.7 Å². The Morgan fingerprint density at radius 1 is 1.25 bits per heavy atom. The number of nitrogens with zero attached hydrogens (tertiary/aromatic N) is 1. The zero-order valence-electron chi connectivity index (χ0n) is 12.9. The van der Waals surface area contributed by atoms with Gasteiger partial charge >= 0.3 is 0 Å². The van der Waals surface area contributed by atoms with Crippen LogP contribution in [0.2, 0.25) is 0 Å². The number of nitrogens with one attached hydrogen (secondary N) is 1. The Labute approximate surface area is 122 Å². The lowest BCUT2D eigenvalue weighted by Gasteiger charge is -2.28. The van der Waals surface area contributed by atoms with Crippen LogP contribution in [0.5, 0.6) is 0 Å². The van der Waals surface area contributed by atoms with E-state index in [0.717, 1.165) is 25.2 Å². The quantitative estimate of drug-likeness (QED) is 0.915. The van der Waals surface area contributed by atoms with E-state index in [9.17, 15) is 4.79 Å². The highest BCUT2D eigenvalue weighted by Gasteiger charge is 2.17. The SMILES string of the molecule is CC(C)c1ccc(C(=O)NCC2CCN(C)CC2)cc1. The molecule has 1 saturated heterocycles. The van der Waals surface area contributed by atoms with E-state index < -0.39 is 0 Å². The average molecular weight is 274 g/mol. The lowest BCUT2D eigenvalue weighted by molar-refractivity contribution is 0.0939. The van der Waals surface area contributed by atoms with Crippen LogP contribution < -0.4 is 5.32 Å². The van der Waals surface area contributed by atoms with Gasteiger partial charge in [0.05, 0.1) is 0 Å². The molecule has 0 radical (unpaired) electrons. The number of hydrogen-bond donors (Lipinski definition) is 1. The summed E-state index contributed by atoms with van der Waals surface area (Å²) in [7, 11) is 2.16. The number of likely N-dealkylation sites (tertiary alicyclic amines) is 1. The summed E-state index contributed by atoms with van der Waals surface area (Å²) in [6.45, 7) is 7.41. The van der Waals surface area contributed by atoms with Gasteiger partial charge in [-0.3, -0.25) is 4.79 Å². The molecule has 1 aliphatic rings.